The molecule has 4 aromatic rings. The fourth-order valence-electron chi connectivity index (χ4n) is 3.59. The summed E-state index contributed by atoms with van der Waals surface area (Å²) >= 11 is 0. The predicted octanol–water partition coefficient (Wildman–Crippen LogP) is 5.61. The molecule has 0 unspecified atom stereocenters. The van der Waals surface area contributed by atoms with Crippen LogP contribution in [0.3, 0.4) is 0 Å². The molecular formula is C26H24N4O. The number of aryl methyl sites for hydroxylation is 2. The van der Waals surface area contributed by atoms with E-state index in [2.05, 4.69) is 20.6 Å². The maximum Gasteiger partial charge on any atom is 0.236 e. The molecule has 0 atom stereocenters. The minimum absolute atomic E-state index is 0.0859. The topological polar surface area (TPSA) is 66.9 Å². The molecule has 1 amide bonds. The number of nitrogens with zero attached hydrogens (tertiary/aromatic N) is 2. The zero-order valence-corrected chi connectivity index (χ0v) is 17.5. The van der Waals surface area contributed by atoms with Gasteiger partial charge in [0.2, 0.25) is 11.9 Å². The Morgan fingerprint density at radius 2 is 1.26 bits per heavy atom. The van der Waals surface area contributed by atoms with E-state index in [1.54, 1.807) is 0 Å². The fraction of sp³-hybridized carbons (Fsp3) is 0.115. The smallest absolute Gasteiger partial charge is 0.236 e. The number of hydrogen-bond acceptors (Lipinski definition) is 4. The summed E-state index contributed by atoms with van der Waals surface area (Å²) in [6, 6.07) is 29.1. The van der Waals surface area contributed by atoms with Crippen molar-refractivity contribution >= 4 is 23.2 Å². The van der Waals surface area contributed by atoms with Gasteiger partial charge in [0.1, 0.15) is 0 Å². The third-order valence-electron chi connectivity index (χ3n) is 4.90. The molecule has 1 heterocycles. The number of nitrogens with one attached hydrogen (secondary N) is 2. The summed E-state index contributed by atoms with van der Waals surface area (Å²) in [6.07, 6.45) is 0. The zero-order valence-electron chi connectivity index (χ0n) is 17.5. The number of amides is 1. The molecule has 5 nitrogen and oxygen atoms in total. The third kappa shape index (κ3) is 5.14. The lowest BCUT2D eigenvalue weighted by Crippen LogP contribution is -2.22. The van der Waals surface area contributed by atoms with Crippen LogP contribution in [-0.4, -0.2) is 15.9 Å². The first-order chi connectivity index (χ1) is 15.1. The first kappa shape index (κ1) is 20.3. The van der Waals surface area contributed by atoms with Crippen LogP contribution < -0.4 is 10.6 Å². The molecule has 5 heteroatoms. The van der Waals surface area contributed by atoms with E-state index in [0.29, 0.717) is 11.6 Å². The summed E-state index contributed by atoms with van der Waals surface area (Å²) in [7, 11) is 0. The van der Waals surface area contributed by atoms with Gasteiger partial charge in [-0.3, -0.25) is 4.79 Å². The summed E-state index contributed by atoms with van der Waals surface area (Å²) in [4.78, 5) is 22.2. The molecule has 0 aliphatic heterocycles. The molecule has 1 aromatic heterocycles. The van der Waals surface area contributed by atoms with Crippen LogP contribution in [0.1, 0.15) is 28.4 Å². The second-order valence-electron chi connectivity index (χ2n) is 7.42. The van der Waals surface area contributed by atoms with Gasteiger partial charge in [0.25, 0.3) is 0 Å². The van der Waals surface area contributed by atoms with Crippen molar-refractivity contribution < 1.29 is 4.79 Å². The van der Waals surface area contributed by atoms with Crippen LogP contribution in [0, 0.1) is 13.8 Å². The molecule has 4 rings (SSSR count). The van der Waals surface area contributed by atoms with Gasteiger partial charge in [0.05, 0.1) is 5.92 Å². The maximum atomic E-state index is 13.3. The highest BCUT2D eigenvalue weighted by molar-refractivity contribution is 5.98. The van der Waals surface area contributed by atoms with Crippen LogP contribution in [0.4, 0.5) is 17.3 Å². The molecule has 0 radical (unpaired) electrons. The summed E-state index contributed by atoms with van der Waals surface area (Å²) in [6.45, 7) is 3.87. The SMILES string of the molecule is Cc1cc(C)nc(Nc2cccc(NC(=O)C(c3ccccc3)c3ccccc3)c2)n1. The fourth-order valence-corrected chi connectivity index (χ4v) is 3.59. The van der Waals surface area contributed by atoms with E-state index >= 15 is 0 Å². The summed E-state index contributed by atoms with van der Waals surface area (Å²) in [5.41, 5.74) is 5.20. The number of hydrogen-bond donors (Lipinski definition) is 2. The minimum Gasteiger partial charge on any atom is -0.325 e. The molecular weight excluding hydrogens is 384 g/mol. The van der Waals surface area contributed by atoms with Gasteiger partial charge >= 0.3 is 0 Å². The van der Waals surface area contributed by atoms with E-state index in [-0.39, 0.29) is 5.91 Å². The van der Waals surface area contributed by atoms with E-state index in [9.17, 15) is 4.79 Å². The van der Waals surface area contributed by atoms with Crippen LogP contribution >= 0.6 is 0 Å². The Bertz CT molecular complexity index is 1120. The van der Waals surface area contributed by atoms with Gasteiger partial charge in [-0.15, -0.1) is 0 Å². The Balaban J connectivity index is 1.57. The van der Waals surface area contributed by atoms with Crippen LogP contribution in [-0.2, 0) is 4.79 Å². The van der Waals surface area contributed by atoms with Gasteiger partial charge in [0.15, 0.2) is 0 Å². The van der Waals surface area contributed by atoms with E-state index in [1.165, 1.54) is 0 Å². The molecule has 2 N–H and O–H groups in total. The van der Waals surface area contributed by atoms with Crippen molar-refractivity contribution in [2.45, 2.75) is 19.8 Å². The second kappa shape index (κ2) is 9.22. The van der Waals surface area contributed by atoms with Crippen molar-refractivity contribution in [3.05, 3.63) is 114 Å². The Labute approximate surface area is 182 Å². The average Bonchev–Trinajstić information content (AvgIpc) is 2.75. The van der Waals surface area contributed by atoms with Gasteiger partial charge in [0, 0.05) is 22.8 Å². The highest BCUT2D eigenvalue weighted by Gasteiger charge is 2.22. The molecule has 3 aromatic carbocycles. The Morgan fingerprint density at radius 3 is 1.84 bits per heavy atom. The van der Waals surface area contributed by atoms with Gasteiger partial charge in [-0.2, -0.15) is 0 Å². The van der Waals surface area contributed by atoms with E-state index < -0.39 is 5.92 Å². The zero-order chi connectivity index (χ0) is 21.6. The second-order valence-corrected chi connectivity index (χ2v) is 7.42. The standard InChI is InChI=1S/C26H24N4O/c1-18-16-19(2)28-26(27-18)30-23-15-9-14-22(17-23)29-25(31)24(20-10-5-3-6-11-20)21-12-7-4-8-13-21/h3-17,24H,1-2H3,(H,29,31)(H,27,28,30). The molecule has 0 saturated carbocycles. The van der Waals surface area contributed by atoms with Crippen LogP contribution in [0.25, 0.3) is 0 Å². The van der Waals surface area contributed by atoms with Crippen molar-refractivity contribution in [2.75, 3.05) is 10.6 Å². The van der Waals surface area contributed by atoms with Gasteiger partial charge in [-0.25, -0.2) is 9.97 Å². The first-order valence-corrected chi connectivity index (χ1v) is 10.2. The quantitative estimate of drug-likeness (QED) is 0.435. The first-order valence-electron chi connectivity index (χ1n) is 10.2. The molecule has 0 spiro atoms. The third-order valence-corrected chi connectivity index (χ3v) is 4.90. The molecule has 154 valence electrons. The number of carbonyl (C=O) groups is 1. The lowest BCUT2D eigenvalue weighted by molar-refractivity contribution is -0.116. The number of anilines is 3. The van der Waals surface area contributed by atoms with E-state index in [0.717, 1.165) is 28.2 Å². The molecule has 0 aliphatic rings. The molecule has 0 fully saturated rings. The number of rotatable bonds is 6. The van der Waals surface area contributed by atoms with Crippen molar-refractivity contribution in [3.8, 4) is 0 Å². The highest BCUT2D eigenvalue weighted by atomic mass is 16.1. The summed E-state index contributed by atoms with van der Waals surface area (Å²) in [5, 5.41) is 6.29. The molecule has 0 aliphatic carbocycles. The van der Waals surface area contributed by atoms with Crippen molar-refractivity contribution in [3.63, 3.8) is 0 Å². The highest BCUT2D eigenvalue weighted by Crippen LogP contribution is 2.27. The van der Waals surface area contributed by atoms with Gasteiger partial charge in [-0.1, -0.05) is 66.7 Å². The summed E-state index contributed by atoms with van der Waals surface area (Å²) < 4.78 is 0. The van der Waals surface area contributed by atoms with Crippen LogP contribution in [0.15, 0.2) is 91.0 Å². The Morgan fingerprint density at radius 1 is 0.710 bits per heavy atom. The maximum absolute atomic E-state index is 13.3. The number of aromatic nitrogens is 2. The van der Waals surface area contributed by atoms with Crippen molar-refractivity contribution in [2.24, 2.45) is 0 Å². The van der Waals surface area contributed by atoms with Gasteiger partial charge in [-0.05, 0) is 49.2 Å². The van der Waals surface area contributed by atoms with Crippen molar-refractivity contribution in [1.29, 1.82) is 0 Å². The van der Waals surface area contributed by atoms with Crippen LogP contribution in [0.2, 0.25) is 0 Å². The lowest BCUT2D eigenvalue weighted by atomic mass is 9.90. The lowest BCUT2D eigenvalue weighted by Gasteiger charge is -2.18. The molecule has 31 heavy (non-hydrogen) atoms. The predicted molar refractivity (Wildman–Crippen MR) is 125 cm³/mol. The number of benzene rings is 3. The molecule has 0 saturated heterocycles. The summed E-state index contributed by atoms with van der Waals surface area (Å²) in [5.74, 6) is 0.0476. The monoisotopic (exact) mass is 408 g/mol. The van der Waals surface area contributed by atoms with Gasteiger partial charge < -0.3 is 10.6 Å². The van der Waals surface area contributed by atoms with E-state index in [4.69, 9.17) is 0 Å². The van der Waals surface area contributed by atoms with Crippen LogP contribution in [0.5, 0.6) is 0 Å². The Hall–Kier alpha value is -3.99. The average molecular weight is 409 g/mol. The normalized spacial score (nSPS) is 10.7. The number of carbonyl (C=O) groups excluding carboxylic acids is 1. The largest absolute Gasteiger partial charge is 0.325 e. The molecule has 0 bridgehead atoms. The minimum atomic E-state index is -0.401. The van der Waals surface area contributed by atoms with E-state index in [1.807, 2.05) is 105 Å². The Kier molecular flexibility index (Phi) is 6.03. The van der Waals surface area contributed by atoms with Crippen molar-refractivity contribution in [1.82, 2.24) is 9.97 Å².